The van der Waals surface area contributed by atoms with Crippen molar-refractivity contribution in [3.8, 4) is 11.3 Å². The number of imidazole rings is 1. The zero-order valence-electron chi connectivity index (χ0n) is 14.7. The van der Waals surface area contributed by atoms with Crippen LogP contribution >= 0.6 is 0 Å². The molecule has 4 rings (SSSR count). The van der Waals surface area contributed by atoms with Gasteiger partial charge in [-0.2, -0.15) is 0 Å². The van der Waals surface area contributed by atoms with Gasteiger partial charge in [-0.3, -0.25) is 4.79 Å². The Labute approximate surface area is 155 Å². The van der Waals surface area contributed by atoms with Crippen LogP contribution in [0.1, 0.15) is 18.7 Å². The summed E-state index contributed by atoms with van der Waals surface area (Å²) in [7, 11) is 0. The minimum atomic E-state index is -0.399. The van der Waals surface area contributed by atoms with Gasteiger partial charge in [-0.25, -0.2) is 9.37 Å². The molecule has 5 nitrogen and oxygen atoms in total. The van der Waals surface area contributed by atoms with Crippen LogP contribution in [0.5, 0.6) is 0 Å². The lowest BCUT2D eigenvalue weighted by molar-refractivity contribution is -0.124. The normalized spacial score (nSPS) is 12.2. The first-order valence-electron chi connectivity index (χ1n) is 8.66. The first kappa shape index (κ1) is 17.0. The molecular weight excluding hydrogens is 345 g/mol. The zero-order valence-corrected chi connectivity index (χ0v) is 14.7. The van der Waals surface area contributed by atoms with Gasteiger partial charge in [-0.05, 0) is 55.5 Å². The Kier molecular flexibility index (Phi) is 4.46. The molecule has 27 heavy (non-hydrogen) atoms. The predicted octanol–water partition coefficient (Wildman–Crippen LogP) is 4.31. The maximum atomic E-state index is 13.0. The number of carbonyl (C=O) groups excluding carboxylic acids is 1. The van der Waals surface area contributed by atoms with Gasteiger partial charge in [-0.1, -0.05) is 12.1 Å². The zero-order chi connectivity index (χ0) is 18.8. The number of nitrogens with one attached hydrogen (secondary N) is 1. The van der Waals surface area contributed by atoms with Crippen molar-refractivity contribution < 1.29 is 13.6 Å². The van der Waals surface area contributed by atoms with Crippen molar-refractivity contribution in [2.75, 3.05) is 0 Å². The van der Waals surface area contributed by atoms with Gasteiger partial charge in [0.05, 0.1) is 23.9 Å². The highest BCUT2D eigenvalue weighted by molar-refractivity contribution is 5.83. The summed E-state index contributed by atoms with van der Waals surface area (Å²) in [4.78, 5) is 16.9. The van der Waals surface area contributed by atoms with Crippen molar-refractivity contribution in [1.29, 1.82) is 0 Å². The molecule has 0 aliphatic rings. The minimum Gasteiger partial charge on any atom is -0.459 e. The van der Waals surface area contributed by atoms with E-state index in [1.165, 1.54) is 12.1 Å². The number of halogens is 1. The number of fused-ring (bicyclic) bond motifs is 1. The second-order valence-electron chi connectivity index (χ2n) is 6.31. The first-order chi connectivity index (χ1) is 13.1. The highest BCUT2D eigenvalue weighted by Crippen LogP contribution is 2.23. The van der Waals surface area contributed by atoms with Gasteiger partial charge in [-0.15, -0.1) is 0 Å². The molecule has 0 fully saturated rings. The van der Waals surface area contributed by atoms with Crippen LogP contribution in [-0.2, 0) is 11.3 Å². The van der Waals surface area contributed by atoms with Gasteiger partial charge in [0, 0.05) is 5.56 Å². The van der Waals surface area contributed by atoms with E-state index in [0.29, 0.717) is 11.5 Å². The van der Waals surface area contributed by atoms with E-state index >= 15 is 0 Å². The van der Waals surface area contributed by atoms with E-state index in [1.807, 2.05) is 41.8 Å². The lowest BCUT2D eigenvalue weighted by Crippen LogP contribution is -2.30. The maximum Gasteiger partial charge on any atom is 0.243 e. The standard InChI is InChI=1S/C21H18FN3O2/c1-14(25-13-24-18-4-2-3-5-19(18)25)21(26)23-12-17-10-11-20(27-17)15-6-8-16(22)9-7-15/h2-11,13-14H,12H2,1H3,(H,23,26). The van der Waals surface area contributed by atoms with Gasteiger partial charge in [0.15, 0.2) is 0 Å². The third-order valence-electron chi connectivity index (χ3n) is 4.51. The number of carbonyl (C=O) groups is 1. The average molecular weight is 363 g/mol. The van der Waals surface area contributed by atoms with Crippen molar-refractivity contribution in [3.63, 3.8) is 0 Å². The fraction of sp³-hybridized carbons (Fsp3) is 0.143. The van der Waals surface area contributed by atoms with Crippen LogP contribution in [0, 0.1) is 5.82 Å². The van der Waals surface area contributed by atoms with Crippen molar-refractivity contribution in [2.45, 2.75) is 19.5 Å². The molecule has 0 saturated heterocycles. The quantitative estimate of drug-likeness (QED) is 0.575. The molecule has 1 atom stereocenters. The number of benzene rings is 2. The molecule has 2 heterocycles. The largest absolute Gasteiger partial charge is 0.459 e. The van der Waals surface area contributed by atoms with E-state index in [0.717, 1.165) is 16.6 Å². The maximum absolute atomic E-state index is 13.0. The summed E-state index contributed by atoms with van der Waals surface area (Å²) in [6.45, 7) is 2.10. The van der Waals surface area contributed by atoms with Crippen LogP contribution in [0.25, 0.3) is 22.4 Å². The number of nitrogens with zero attached hydrogens (tertiary/aromatic N) is 2. The van der Waals surface area contributed by atoms with Gasteiger partial charge in [0.25, 0.3) is 0 Å². The summed E-state index contributed by atoms with van der Waals surface area (Å²) >= 11 is 0. The minimum absolute atomic E-state index is 0.127. The van der Waals surface area contributed by atoms with Gasteiger partial charge < -0.3 is 14.3 Å². The van der Waals surface area contributed by atoms with Crippen molar-refractivity contribution in [3.05, 3.63) is 78.6 Å². The molecule has 1 amide bonds. The SMILES string of the molecule is CC(C(=O)NCc1ccc(-c2ccc(F)cc2)o1)n1cnc2ccccc21. The van der Waals surface area contributed by atoms with E-state index in [1.54, 1.807) is 24.5 Å². The molecule has 1 unspecified atom stereocenters. The molecule has 0 aliphatic heterocycles. The molecule has 0 saturated carbocycles. The summed E-state index contributed by atoms with van der Waals surface area (Å²) in [5.74, 6) is 0.843. The van der Waals surface area contributed by atoms with Crippen LogP contribution in [-0.4, -0.2) is 15.5 Å². The number of furan rings is 1. The summed E-state index contributed by atoms with van der Waals surface area (Å²) in [6, 6.07) is 17.0. The topological polar surface area (TPSA) is 60.1 Å². The molecule has 1 N–H and O–H groups in total. The van der Waals surface area contributed by atoms with E-state index in [2.05, 4.69) is 10.3 Å². The fourth-order valence-corrected chi connectivity index (χ4v) is 2.98. The Hall–Kier alpha value is -3.41. The second-order valence-corrected chi connectivity index (χ2v) is 6.31. The molecule has 2 aromatic carbocycles. The Morgan fingerprint density at radius 1 is 1.15 bits per heavy atom. The van der Waals surface area contributed by atoms with Crippen molar-refractivity contribution in [1.82, 2.24) is 14.9 Å². The summed E-state index contributed by atoms with van der Waals surface area (Å²) in [5, 5.41) is 2.88. The molecule has 0 aliphatic carbocycles. The summed E-state index contributed by atoms with van der Waals surface area (Å²) in [6.07, 6.45) is 1.68. The van der Waals surface area contributed by atoms with Crippen molar-refractivity contribution >= 4 is 16.9 Å². The molecule has 0 bridgehead atoms. The number of aromatic nitrogens is 2. The second kappa shape index (κ2) is 7.07. The van der Waals surface area contributed by atoms with Crippen LogP contribution < -0.4 is 5.32 Å². The summed E-state index contributed by atoms with van der Waals surface area (Å²) < 4.78 is 20.6. The van der Waals surface area contributed by atoms with Crippen LogP contribution in [0.4, 0.5) is 4.39 Å². The number of hydrogen-bond donors (Lipinski definition) is 1. The third-order valence-corrected chi connectivity index (χ3v) is 4.51. The predicted molar refractivity (Wildman–Crippen MR) is 100 cm³/mol. The molecule has 136 valence electrons. The average Bonchev–Trinajstić information content (AvgIpc) is 3.33. The lowest BCUT2D eigenvalue weighted by atomic mass is 10.2. The highest BCUT2D eigenvalue weighted by atomic mass is 19.1. The fourth-order valence-electron chi connectivity index (χ4n) is 2.98. The number of hydrogen-bond acceptors (Lipinski definition) is 3. The van der Waals surface area contributed by atoms with Crippen LogP contribution in [0.3, 0.4) is 0 Å². The Morgan fingerprint density at radius 2 is 1.93 bits per heavy atom. The monoisotopic (exact) mass is 363 g/mol. The Balaban J connectivity index is 1.42. The molecule has 0 radical (unpaired) electrons. The highest BCUT2D eigenvalue weighted by Gasteiger charge is 2.17. The van der Waals surface area contributed by atoms with E-state index < -0.39 is 6.04 Å². The summed E-state index contributed by atoms with van der Waals surface area (Å²) in [5.41, 5.74) is 2.55. The molecular formula is C21H18FN3O2. The van der Waals surface area contributed by atoms with Crippen LogP contribution in [0.2, 0.25) is 0 Å². The number of rotatable bonds is 5. The van der Waals surface area contributed by atoms with Gasteiger partial charge >= 0.3 is 0 Å². The Bertz CT molecular complexity index is 1080. The van der Waals surface area contributed by atoms with E-state index in [-0.39, 0.29) is 18.3 Å². The molecule has 6 heteroatoms. The molecule has 4 aromatic rings. The van der Waals surface area contributed by atoms with Crippen molar-refractivity contribution in [2.24, 2.45) is 0 Å². The Morgan fingerprint density at radius 3 is 2.74 bits per heavy atom. The number of amides is 1. The number of para-hydroxylation sites is 2. The van der Waals surface area contributed by atoms with Crippen LogP contribution in [0.15, 0.2) is 71.4 Å². The van der Waals surface area contributed by atoms with Gasteiger partial charge in [0.2, 0.25) is 5.91 Å². The van der Waals surface area contributed by atoms with E-state index in [4.69, 9.17) is 4.42 Å². The molecule has 0 spiro atoms. The molecule has 2 aromatic heterocycles. The smallest absolute Gasteiger partial charge is 0.243 e. The van der Waals surface area contributed by atoms with E-state index in [9.17, 15) is 9.18 Å². The van der Waals surface area contributed by atoms with Gasteiger partial charge in [0.1, 0.15) is 23.4 Å². The lowest BCUT2D eigenvalue weighted by Gasteiger charge is -2.14. The third kappa shape index (κ3) is 3.46. The first-order valence-corrected chi connectivity index (χ1v) is 8.66.